The molecule has 0 saturated carbocycles. The normalized spacial score (nSPS) is 10.5. The molecule has 0 aliphatic heterocycles. The van der Waals surface area contributed by atoms with Crippen molar-refractivity contribution in [2.24, 2.45) is 0 Å². The van der Waals surface area contributed by atoms with Gasteiger partial charge in [0.1, 0.15) is 17.4 Å². The van der Waals surface area contributed by atoms with E-state index in [2.05, 4.69) is 15.6 Å². The van der Waals surface area contributed by atoms with Crippen molar-refractivity contribution >= 4 is 23.1 Å². The molecule has 3 aromatic rings. The van der Waals surface area contributed by atoms with Gasteiger partial charge in [-0.15, -0.1) is 0 Å². The molecule has 138 valence electrons. The average molecular weight is 365 g/mol. The van der Waals surface area contributed by atoms with Crippen molar-refractivity contribution in [3.63, 3.8) is 0 Å². The van der Waals surface area contributed by atoms with Gasteiger partial charge in [-0.2, -0.15) is 0 Å². The molecule has 3 rings (SSSR count). The van der Waals surface area contributed by atoms with Gasteiger partial charge >= 0.3 is 0 Å². The van der Waals surface area contributed by atoms with Gasteiger partial charge in [-0.3, -0.25) is 4.79 Å². The number of amides is 1. The monoisotopic (exact) mass is 365 g/mol. The Morgan fingerprint density at radius 2 is 1.78 bits per heavy atom. The van der Waals surface area contributed by atoms with E-state index in [0.29, 0.717) is 22.8 Å². The lowest BCUT2D eigenvalue weighted by molar-refractivity contribution is 0.102. The number of anilines is 3. The van der Waals surface area contributed by atoms with Crippen LogP contribution in [0.3, 0.4) is 0 Å². The van der Waals surface area contributed by atoms with Crippen molar-refractivity contribution < 1.29 is 13.9 Å². The smallest absolute Gasteiger partial charge is 0.257 e. The quantitative estimate of drug-likeness (QED) is 0.645. The number of hydrogen-bond acceptors (Lipinski definition) is 4. The molecule has 0 radical (unpaired) electrons. The van der Waals surface area contributed by atoms with Crippen LogP contribution in [-0.2, 0) is 0 Å². The lowest BCUT2D eigenvalue weighted by Gasteiger charge is -2.11. The van der Waals surface area contributed by atoms with E-state index < -0.39 is 0 Å². The predicted octanol–water partition coefficient (Wildman–Crippen LogP) is 5.00. The molecule has 0 fully saturated rings. The minimum atomic E-state index is -0.369. The number of para-hydroxylation sites is 1. The van der Waals surface area contributed by atoms with E-state index in [0.717, 1.165) is 5.75 Å². The van der Waals surface area contributed by atoms with Crippen LogP contribution in [0.2, 0.25) is 0 Å². The molecule has 1 aromatic heterocycles. The zero-order valence-electron chi connectivity index (χ0n) is 15.1. The first-order valence-electron chi connectivity index (χ1n) is 8.57. The number of nitrogens with zero attached hydrogens (tertiary/aromatic N) is 1. The number of aromatic nitrogens is 1. The van der Waals surface area contributed by atoms with Crippen LogP contribution in [0.4, 0.5) is 21.6 Å². The first-order chi connectivity index (χ1) is 13.0. The van der Waals surface area contributed by atoms with E-state index in [1.54, 1.807) is 54.6 Å². The van der Waals surface area contributed by atoms with Gasteiger partial charge in [0, 0.05) is 11.9 Å². The molecule has 2 aromatic carbocycles. The SMILES string of the molecule is CC(C)Oc1ccc(NC(=O)c2ccc(Nc3ccccc3F)nc2)cc1. The summed E-state index contributed by atoms with van der Waals surface area (Å²) in [4.78, 5) is 16.5. The second kappa shape index (κ2) is 8.31. The average Bonchev–Trinajstić information content (AvgIpc) is 2.65. The third kappa shape index (κ3) is 5.04. The number of pyridine rings is 1. The molecule has 0 aliphatic rings. The van der Waals surface area contributed by atoms with Crippen LogP contribution in [-0.4, -0.2) is 17.0 Å². The number of carbonyl (C=O) groups is 1. The number of hydrogen-bond donors (Lipinski definition) is 2. The first kappa shape index (κ1) is 18.4. The highest BCUT2D eigenvalue weighted by atomic mass is 19.1. The van der Waals surface area contributed by atoms with Crippen molar-refractivity contribution in [1.82, 2.24) is 4.98 Å². The van der Waals surface area contributed by atoms with Crippen LogP contribution in [0.5, 0.6) is 5.75 Å². The highest BCUT2D eigenvalue weighted by Crippen LogP contribution is 2.19. The molecular formula is C21H20FN3O2. The highest BCUT2D eigenvalue weighted by Gasteiger charge is 2.08. The summed E-state index contributed by atoms with van der Waals surface area (Å²) in [6.07, 6.45) is 1.53. The lowest BCUT2D eigenvalue weighted by Crippen LogP contribution is -2.12. The zero-order valence-corrected chi connectivity index (χ0v) is 15.1. The standard InChI is InChI=1S/C21H20FN3O2/c1-14(2)27-17-10-8-16(9-11-17)24-21(26)15-7-12-20(23-13-15)25-19-6-4-3-5-18(19)22/h3-14H,1-2H3,(H,23,25)(H,24,26). The fraction of sp³-hybridized carbons (Fsp3) is 0.143. The Bertz CT molecular complexity index is 909. The molecule has 1 amide bonds. The zero-order chi connectivity index (χ0) is 19.2. The van der Waals surface area contributed by atoms with Crippen LogP contribution in [0.15, 0.2) is 66.9 Å². The van der Waals surface area contributed by atoms with Crippen molar-refractivity contribution in [3.8, 4) is 5.75 Å². The Morgan fingerprint density at radius 1 is 1.04 bits per heavy atom. The maximum atomic E-state index is 13.7. The maximum absolute atomic E-state index is 13.7. The molecule has 0 atom stereocenters. The van der Waals surface area contributed by atoms with E-state index >= 15 is 0 Å². The van der Waals surface area contributed by atoms with Gasteiger partial charge < -0.3 is 15.4 Å². The summed E-state index contributed by atoms with van der Waals surface area (Å²) in [6, 6.07) is 16.7. The van der Waals surface area contributed by atoms with Crippen LogP contribution in [0.25, 0.3) is 0 Å². The van der Waals surface area contributed by atoms with Gasteiger partial charge in [0.05, 0.1) is 17.4 Å². The largest absolute Gasteiger partial charge is 0.491 e. The summed E-state index contributed by atoms with van der Waals surface area (Å²) in [5.74, 6) is 0.545. The molecule has 5 nitrogen and oxygen atoms in total. The third-order valence-corrected chi connectivity index (χ3v) is 3.65. The van der Waals surface area contributed by atoms with Crippen molar-refractivity contribution in [1.29, 1.82) is 0 Å². The van der Waals surface area contributed by atoms with Crippen molar-refractivity contribution in [3.05, 3.63) is 78.2 Å². The summed E-state index contributed by atoms with van der Waals surface area (Å²) < 4.78 is 19.2. The molecule has 2 N–H and O–H groups in total. The van der Waals surface area contributed by atoms with Gasteiger partial charge in [-0.1, -0.05) is 12.1 Å². The number of carbonyl (C=O) groups excluding carboxylic acids is 1. The van der Waals surface area contributed by atoms with E-state index in [1.807, 2.05) is 13.8 Å². The number of benzene rings is 2. The Labute approximate surface area is 157 Å². The number of rotatable bonds is 6. The summed E-state index contributed by atoms with van der Waals surface area (Å²) in [5, 5.41) is 5.68. The minimum Gasteiger partial charge on any atom is -0.491 e. The molecular weight excluding hydrogens is 345 g/mol. The number of nitrogens with one attached hydrogen (secondary N) is 2. The predicted molar refractivity (Wildman–Crippen MR) is 104 cm³/mol. The second-order valence-corrected chi connectivity index (χ2v) is 6.18. The first-order valence-corrected chi connectivity index (χ1v) is 8.57. The van der Waals surface area contributed by atoms with E-state index in [9.17, 15) is 9.18 Å². The summed E-state index contributed by atoms with van der Waals surface area (Å²) in [5.41, 5.74) is 1.38. The van der Waals surface area contributed by atoms with Gasteiger partial charge in [0.15, 0.2) is 0 Å². The molecule has 0 unspecified atom stereocenters. The van der Waals surface area contributed by atoms with Crippen molar-refractivity contribution in [2.75, 3.05) is 10.6 Å². The second-order valence-electron chi connectivity index (χ2n) is 6.18. The maximum Gasteiger partial charge on any atom is 0.257 e. The molecule has 0 aliphatic carbocycles. The number of halogens is 1. The highest BCUT2D eigenvalue weighted by molar-refractivity contribution is 6.04. The molecule has 27 heavy (non-hydrogen) atoms. The van der Waals surface area contributed by atoms with Crippen LogP contribution in [0, 0.1) is 5.82 Å². The Hall–Kier alpha value is -3.41. The van der Waals surface area contributed by atoms with E-state index in [1.165, 1.54) is 12.3 Å². The third-order valence-electron chi connectivity index (χ3n) is 3.65. The van der Waals surface area contributed by atoms with Gasteiger partial charge in [0.25, 0.3) is 5.91 Å². The topological polar surface area (TPSA) is 63.2 Å². The Kier molecular flexibility index (Phi) is 5.66. The number of ether oxygens (including phenoxy) is 1. The van der Waals surface area contributed by atoms with E-state index in [4.69, 9.17) is 4.74 Å². The fourth-order valence-corrected chi connectivity index (χ4v) is 2.39. The van der Waals surface area contributed by atoms with Gasteiger partial charge in [-0.05, 0) is 62.4 Å². The summed E-state index contributed by atoms with van der Waals surface area (Å²) in [7, 11) is 0. The van der Waals surface area contributed by atoms with Crippen LogP contribution >= 0.6 is 0 Å². The summed E-state index contributed by atoms with van der Waals surface area (Å²) >= 11 is 0. The van der Waals surface area contributed by atoms with Crippen molar-refractivity contribution in [2.45, 2.75) is 20.0 Å². The van der Waals surface area contributed by atoms with E-state index in [-0.39, 0.29) is 17.8 Å². The molecule has 6 heteroatoms. The van der Waals surface area contributed by atoms with Gasteiger partial charge in [0.2, 0.25) is 0 Å². The Balaban J connectivity index is 1.63. The van der Waals surface area contributed by atoms with Gasteiger partial charge in [-0.25, -0.2) is 9.37 Å². The molecule has 0 spiro atoms. The lowest BCUT2D eigenvalue weighted by atomic mass is 10.2. The van der Waals surface area contributed by atoms with Crippen LogP contribution in [0.1, 0.15) is 24.2 Å². The molecule has 1 heterocycles. The molecule has 0 saturated heterocycles. The minimum absolute atomic E-state index is 0.0907. The fourth-order valence-electron chi connectivity index (χ4n) is 2.39. The molecule has 0 bridgehead atoms. The van der Waals surface area contributed by atoms with Crippen LogP contribution < -0.4 is 15.4 Å². The Morgan fingerprint density at radius 3 is 2.41 bits per heavy atom. The summed E-state index contributed by atoms with van der Waals surface area (Å²) in [6.45, 7) is 3.90.